The Morgan fingerprint density at radius 1 is 1.42 bits per heavy atom. The maximum Gasteiger partial charge on any atom is 0.119 e. The standard InChI is InChI=1S/C15H18N2O2/c18-15-3-1-2-12-4-5-13(10-14(12)15)19-9-8-17-7-6-16-11-17/h4-7,10-11,15,18H,1-3,8-9H2/t15-/m1/s1. The first-order valence-electron chi connectivity index (χ1n) is 6.72. The van der Waals surface area contributed by atoms with Crippen molar-refractivity contribution < 1.29 is 9.84 Å². The van der Waals surface area contributed by atoms with E-state index < -0.39 is 0 Å². The second-order valence-corrected chi connectivity index (χ2v) is 4.92. The Morgan fingerprint density at radius 2 is 2.37 bits per heavy atom. The first-order chi connectivity index (χ1) is 9.33. The highest BCUT2D eigenvalue weighted by molar-refractivity contribution is 5.38. The van der Waals surface area contributed by atoms with Crippen molar-refractivity contribution >= 4 is 0 Å². The summed E-state index contributed by atoms with van der Waals surface area (Å²) >= 11 is 0. The van der Waals surface area contributed by atoms with E-state index in [1.54, 1.807) is 12.5 Å². The SMILES string of the molecule is O[C@@H]1CCCc2ccc(OCCn3ccnc3)cc21. The molecule has 0 aliphatic heterocycles. The Balaban J connectivity index is 1.63. The number of hydrogen-bond acceptors (Lipinski definition) is 3. The molecule has 0 spiro atoms. The van der Waals surface area contributed by atoms with Crippen LogP contribution < -0.4 is 4.74 Å². The maximum absolute atomic E-state index is 9.99. The number of aliphatic hydroxyl groups is 1. The molecule has 0 saturated heterocycles. The first kappa shape index (κ1) is 12.2. The van der Waals surface area contributed by atoms with E-state index in [4.69, 9.17) is 4.74 Å². The highest BCUT2D eigenvalue weighted by Gasteiger charge is 2.18. The highest BCUT2D eigenvalue weighted by atomic mass is 16.5. The Hall–Kier alpha value is -1.81. The monoisotopic (exact) mass is 258 g/mol. The third kappa shape index (κ3) is 2.79. The molecule has 1 aromatic carbocycles. The van der Waals surface area contributed by atoms with Crippen molar-refractivity contribution in [3.63, 3.8) is 0 Å². The van der Waals surface area contributed by atoms with Crippen molar-refractivity contribution in [3.8, 4) is 5.75 Å². The van der Waals surface area contributed by atoms with Gasteiger partial charge in [-0.05, 0) is 42.5 Å². The molecule has 4 nitrogen and oxygen atoms in total. The number of hydrogen-bond donors (Lipinski definition) is 1. The van der Waals surface area contributed by atoms with E-state index in [0.717, 1.165) is 37.1 Å². The van der Waals surface area contributed by atoms with Crippen molar-refractivity contribution in [1.82, 2.24) is 9.55 Å². The largest absolute Gasteiger partial charge is 0.492 e. The first-order valence-corrected chi connectivity index (χ1v) is 6.72. The number of aromatic nitrogens is 2. The number of nitrogens with zero attached hydrogens (tertiary/aromatic N) is 2. The van der Waals surface area contributed by atoms with Crippen LogP contribution in [0.1, 0.15) is 30.1 Å². The van der Waals surface area contributed by atoms with Gasteiger partial charge in [0.1, 0.15) is 12.4 Å². The molecule has 19 heavy (non-hydrogen) atoms. The van der Waals surface area contributed by atoms with Gasteiger partial charge in [0.05, 0.1) is 19.0 Å². The summed E-state index contributed by atoms with van der Waals surface area (Å²) in [7, 11) is 0. The van der Waals surface area contributed by atoms with Crippen LogP contribution in [0, 0.1) is 0 Å². The second kappa shape index (κ2) is 5.45. The van der Waals surface area contributed by atoms with Crippen molar-refractivity contribution in [2.45, 2.75) is 31.9 Å². The summed E-state index contributed by atoms with van der Waals surface area (Å²) in [6, 6.07) is 6.04. The lowest BCUT2D eigenvalue weighted by atomic mass is 9.89. The highest BCUT2D eigenvalue weighted by Crippen LogP contribution is 2.32. The van der Waals surface area contributed by atoms with E-state index in [-0.39, 0.29) is 6.10 Å². The Labute approximate surface area is 112 Å². The van der Waals surface area contributed by atoms with Crippen LogP contribution in [-0.4, -0.2) is 21.3 Å². The second-order valence-electron chi connectivity index (χ2n) is 4.92. The molecule has 1 heterocycles. The molecule has 0 saturated carbocycles. The van der Waals surface area contributed by atoms with Gasteiger partial charge in [-0.2, -0.15) is 0 Å². The van der Waals surface area contributed by atoms with E-state index in [2.05, 4.69) is 11.1 Å². The number of aryl methyl sites for hydroxylation is 1. The van der Waals surface area contributed by atoms with Crippen LogP contribution >= 0.6 is 0 Å². The summed E-state index contributed by atoms with van der Waals surface area (Å²) in [5.41, 5.74) is 2.28. The van der Waals surface area contributed by atoms with Crippen molar-refractivity contribution in [1.29, 1.82) is 0 Å². The molecule has 100 valence electrons. The lowest BCUT2D eigenvalue weighted by Gasteiger charge is -2.22. The van der Waals surface area contributed by atoms with Gasteiger partial charge in [-0.25, -0.2) is 4.98 Å². The quantitative estimate of drug-likeness (QED) is 0.915. The Bertz CT molecular complexity index is 537. The van der Waals surface area contributed by atoms with Gasteiger partial charge in [-0.15, -0.1) is 0 Å². The van der Waals surface area contributed by atoms with E-state index in [0.29, 0.717) is 6.61 Å². The van der Waals surface area contributed by atoms with E-state index in [9.17, 15) is 5.11 Å². The molecular formula is C15H18N2O2. The number of aliphatic hydroxyl groups excluding tert-OH is 1. The van der Waals surface area contributed by atoms with Gasteiger partial charge in [0.25, 0.3) is 0 Å². The van der Waals surface area contributed by atoms with E-state index >= 15 is 0 Å². The topological polar surface area (TPSA) is 47.3 Å². The van der Waals surface area contributed by atoms with Gasteiger partial charge in [-0.1, -0.05) is 6.07 Å². The average molecular weight is 258 g/mol. The molecule has 0 unspecified atom stereocenters. The van der Waals surface area contributed by atoms with Crippen molar-refractivity contribution in [2.75, 3.05) is 6.61 Å². The van der Waals surface area contributed by atoms with Gasteiger partial charge < -0.3 is 14.4 Å². The zero-order valence-electron chi connectivity index (χ0n) is 10.8. The van der Waals surface area contributed by atoms with Crippen LogP contribution in [0.5, 0.6) is 5.75 Å². The predicted molar refractivity (Wildman–Crippen MR) is 72.1 cm³/mol. The zero-order chi connectivity index (χ0) is 13.1. The fourth-order valence-corrected chi connectivity index (χ4v) is 2.53. The maximum atomic E-state index is 9.99. The molecule has 1 aliphatic carbocycles. The lowest BCUT2D eigenvalue weighted by molar-refractivity contribution is 0.156. The molecule has 1 atom stereocenters. The van der Waals surface area contributed by atoms with Gasteiger partial charge in [0.2, 0.25) is 0 Å². The number of fused-ring (bicyclic) bond motifs is 1. The molecule has 0 fully saturated rings. The number of ether oxygens (including phenoxy) is 1. The van der Waals surface area contributed by atoms with Crippen LogP contribution in [0.25, 0.3) is 0 Å². The summed E-state index contributed by atoms with van der Waals surface area (Å²) in [5.74, 6) is 0.833. The lowest BCUT2D eigenvalue weighted by Crippen LogP contribution is -2.10. The number of benzene rings is 1. The van der Waals surface area contributed by atoms with E-state index in [1.165, 1.54) is 5.56 Å². The summed E-state index contributed by atoms with van der Waals surface area (Å²) in [4.78, 5) is 3.99. The Kier molecular flexibility index (Phi) is 3.51. The zero-order valence-corrected chi connectivity index (χ0v) is 10.8. The molecule has 3 rings (SSSR count). The van der Waals surface area contributed by atoms with Crippen LogP contribution in [0.3, 0.4) is 0 Å². The third-order valence-electron chi connectivity index (χ3n) is 3.58. The normalized spacial score (nSPS) is 18.1. The van der Waals surface area contributed by atoms with Gasteiger partial charge in [0.15, 0.2) is 0 Å². The molecule has 0 radical (unpaired) electrons. The minimum Gasteiger partial charge on any atom is -0.492 e. The Morgan fingerprint density at radius 3 is 3.21 bits per heavy atom. The molecule has 1 N–H and O–H groups in total. The fraction of sp³-hybridized carbons (Fsp3) is 0.400. The fourth-order valence-electron chi connectivity index (χ4n) is 2.53. The molecule has 2 aromatic rings. The van der Waals surface area contributed by atoms with Gasteiger partial charge in [0, 0.05) is 12.4 Å². The average Bonchev–Trinajstić information content (AvgIpc) is 2.93. The number of rotatable bonds is 4. The van der Waals surface area contributed by atoms with Gasteiger partial charge >= 0.3 is 0 Å². The van der Waals surface area contributed by atoms with E-state index in [1.807, 2.05) is 22.9 Å². The van der Waals surface area contributed by atoms with Gasteiger partial charge in [-0.3, -0.25) is 0 Å². The molecule has 1 aromatic heterocycles. The molecule has 0 bridgehead atoms. The minimum absolute atomic E-state index is 0.332. The third-order valence-corrected chi connectivity index (χ3v) is 3.58. The number of imidazole rings is 1. The smallest absolute Gasteiger partial charge is 0.119 e. The predicted octanol–water partition coefficient (Wildman–Crippen LogP) is 2.33. The van der Waals surface area contributed by atoms with Crippen molar-refractivity contribution in [2.24, 2.45) is 0 Å². The molecular weight excluding hydrogens is 240 g/mol. The summed E-state index contributed by atoms with van der Waals surface area (Å²) < 4.78 is 7.71. The minimum atomic E-state index is -0.332. The molecule has 1 aliphatic rings. The summed E-state index contributed by atoms with van der Waals surface area (Å²) in [6.45, 7) is 1.38. The molecule has 0 amide bonds. The van der Waals surface area contributed by atoms with Crippen LogP contribution in [0.2, 0.25) is 0 Å². The van der Waals surface area contributed by atoms with Crippen LogP contribution in [0.4, 0.5) is 0 Å². The summed E-state index contributed by atoms with van der Waals surface area (Å²) in [5, 5.41) is 9.99. The van der Waals surface area contributed by atoms with Crippen LogP contribution in [0.15, 0.2) is 36.9 Å². The van der Waals surface area contributed by atoms with Crippen LogP contribution in [-0.2, 0) is 13.0 Å². The van der Waals surface area contributed by atoms with Crippen molar-refractivity contribution in [3.05, 3.63) is 48.0 Å². The molecule has 4 heteroatoms. The summed E-state index contributed by atoms with van der Waals surface area (Å²) in [6.07, 6.45) is 8.10.